The second-order valence-electron chi connectivity index (χ2n) is 11.1. The third-order valence-corrected chi connectivity index (χ3v) is 8.97. The highest BCUT2D eigenvalue weighted by atomic mass is 16.2. The van der Waals surface area contributed by atoms with Gasteiger partial charge in [0.25, 0.3) is 5.91 Å². The van der Waals surface area contributed by atoms with Crippen LogP contribution in [0.3, 0.4) is 0 Å². The molecule has 6 rings (SSSR count). The molecule has 2 aromatic carbocycles. The van der Waals surface area contributed by atoms with Crippen LogP contribution in [0.2, 0.25) is 0 Å². The standard InChI is InChI=1S/C32H38N4O/c1-23-15-16-33-24(2)30(23)32(37)36-27-13-14-28(36)22-29(21-27)34-17-19-35(20-18-34)31(25-9-5-3-6-10-25)26-11-7-4-8-12-26/h3-12,15-16,27-29,31H,13-14,17-22H2,1-2H3/t27-,28+,29?. The monoisotopic (exact) mass is 494 g/mol. The van der Waals surface area contributed by atoms with Crippen molar-refractivity contribution in [3.8, 4) is 0 Å². The molecule has 0 radical (unpaired) electrons. The molecule has 1 unspecified atom stereocenters. The van der Waals surface area contributed by atoms with Crippen LogP contribution in [-0.2, 0) is 0 Å². The summed E-state index contributed by atoms with van der Waals surface area (Å²) in [6, 6.07) is 25.4. The van der Waals surface area contributed by atoms with E-state index in [4.69, 9.17) is 0 Å². The van der Waals surface area contributed by atoms with Gasteiger partial charge in [0, 0.05) is 50.5 Å². The summed E-state index contributed by atoms with van der Waals surface area (Å²) in [5.74, 6) is 0.201. The van der Waals surface area contributed by atoms with Gasteiger partial charge in [0.1, 0.15) is 0 Å². The number of piperazine rings is 1. The van der Waals surface area contributed by atoms with Gasteiger partial charge in [0.05, 0.1) is 17.3 Å². The molecule has 4 heterocycles. The highest BCUT2D eigenvalue weighted by molar-refractivity contribution is 5.97. The lowest BCUT2D eigenvalue weighted by Gasteiger charge is -2.47. The maximum Gasteiger partial charge on any atom is 0.256 e. The molecule has 37 heavy (non-hydrogen) atoms. The molecule has 3 aromatic rings. The zero-order valence-electron chi connectivity index (χ0n) is 22.1. The molecule has 0 aliphatic carbocycles. The van der Waals surface area contributed by atoms with E-state index < -0.39 is 0 Å². The minimum Gasteiger partial charge on any atom is -0.332 e. The van der Waals surface area contributed by atoms with Crippen LogP contribution < -0.4 is 0 Å². The molecule has 192 valence electrons. The number of piperidine rings is 1. The molecule has 0 saturated carbocycles. The Labute approximate surface area is 221 Å². The molecule has 3 atom stereocenters. The Morgan fingerprint density at radius 1 is 0.784 bits per heavy atom. The number of hydrogen-bond acceptors (Lipinski definition) is 4. The molecule has 5 nitrogen and oxygen atoms in total. The van der Waals surface area contributed by atoms with Gasteiger partial charge in [-0.15, -0.1) is 0 Å². The van der Waals surface area contributed by atoms with Crippen LogP contribution in [0.15, 0.2) is 72.9 Å². The third kappa shape index (κ3) is 4.71. The zero-order valence-corrected chi connectivity index (χ0v) is 22.1. The Hall–Kier alpha value is -3.02. The maximum absolute atomic E-state index is 13.6. The van der Waals surface area contributed by atoms with Crippen LogP contribution in [0, 0.1) is 13.8 Å². The van der Waals surface area contributed by atoms with E-state index in [1.54, 1.807) is 0 Å². The number of hydrogen-bond donors (Lipinski definition) is 0. The van der Waals surface area contributed by atoms with Crippen molar-refractivity contribution in [2.45, 2.75) is 63.7 Å². The molecule has 1 aromatic heterocycles. The van der Waals surface area contributed by atoms with Gasteiger partial charge in [-0.2, -0.15) is 0 Å². The molecule has 3 saturated heterocycles. The number of pyridine rings is 1. The minimum atomic E-state index is 0.201. The average Bonchev–Trinajstić information content (AvgIpc) is 3.19. The van der Waals surface area contributed by atoms with Gasteiger partial charge < -0.3 is 4.90 Å². The summed E-state index contributed by atoms with van der Waals surface area (Å²) in [6.07, 6.45) is 6.27. The van der Waals surface area contributed by atoms with Crippen molar-refractivity contribution in [1.82, 2.24) is 19.7 Å². The van der Waals surface area contributed by atoms with E-state index in [-0.39, 0.29) is 5.91 Å². The van der Waals surface area contributed by atoms with Gasteiger partial charge >= 0.3 is 0 Å². The largest absolute Gasteiger partial charge is 0.332 e. The fourth-order valence-electron chi connectivity index (χ4n) is 7.17. The van der Waals surface area contributed by atoms with Crippen LogP contribution in [0.5, 0.6) is 0 Å². The van der Waals surface area contributed by atoms with E-state index in [2.05, 4.69) is 80.3 Å². The number of aryl methyl sites for hydroxylation is 2. The van der Waals surface area contributed by atoms with E-state index in [9.17, 15) is 4.79 Å². The van der Waals surface area contributed by atoms with Crippen LogP contribution in [0.4, 0.5) is 0 Å². The summed E-state index contributed by atoms with van der Waals surface area (Å²) >= 11 is 0. The number of aromatic nitrogens is 1. The van der Waals surface area contributed by atoms with Crippen molar-refractivity contribution in [2.75, 3.05) is 26.2 Å². The minimum absolute atomic E-state index is 0.201. The predicted octanol–water partition coefficient (Wildman–Crippen LogP) is 5.24. The fraction of sp³-hybridized carbons (Fsp3) is 0.438. The first-order valence-electron chi connectivity index (χ1n) is 13.9. The number of amides is 1. The van der Waals surface area contributed by atoms with Crippen LogP contribution in [-0.4, -0.2) is 69.9 Å². The summed E-state index contributed by atoms with van der Waals surface area (Å²) in [4.78, 5) is 25.7. The van der Waals surface area contributed by atoms with Crippen molar-refractivity contribution in [1.29, 1.82) is 0 Å². The normalized spacial score (nSPS) is 24.5. The fourth-order valence-corrected chi connectivity index (χ4v) is 7.17. The Morgan fingerprint density at radius 3 is 1.89 bits per heavy atom. The SMILES string of the molecule is Cc1ccnc(C)c1C(=O)N1[C@@H]2CC[C@H]1CC(N1CCN(C(c3ccccc3)c3ccccc3)CC1)C2. The first-order valence-corrected chi connectivity index (χ1v) is 13.9. The van der Waals surface area contributed by atoms with E-state index in [1.165, 1.54) is 11.1 Å². The molecule has 3 fully saturated rings. The van der Waals surface area contributed by atoms with E-state index in [0.717, 1.165) is 68.7 Å². The number of fused-ring (bicyclic) bond motifs is 2. The van der Waals surface area contributed by atoms with Crippen LogP contribution in [0.1, 0.15) is 64.5 Å². The van der Waals surface area contributed by atoms with E-state index in [1.807, 2.05) is 26.1 Å². The van der Waals surface area contributed by atoms with Crippen molar-refractivity contribution in [3.05, 3.63) is 101 Å². The summed E-state index contributed by atoms with van der Waals surface area (Å²) in [6.45, 7) is 8.32. The number of nitrogens with zero attached hydrogens (tertiary/aromatic N) is 4. The summed E-state index contributed by atoms with van der Waals surface area (Å²) in [7, 11) is 0. The van der Waals surface area contributed by atoms with Crippen molar-refractivity contribution in [2.24, 2.45) is 0 Å². The maximum atomic E-state index is 13.6. The number of carbonyl (C=O) groups excluding carboxylic acids is 1. The molecular formula is C32H38N4O. The second-order valence-corrected chi connectivity index (χ2v) is 11.1. The Bertz CT molecular complexity index is 1150. The third-order valence-electron chi connectivity index (χ3n) is 8.97. The Morgan fingerprint density at radius 2 is 1.35 bits per heavy atom. The van der Waals surface area contributed by atoms with Gasteiger partial charge in [-0.3, -0.25) is 19.6 Å². The number of rotatable bonds is 5. The van der Waals surface area contributed by atoms with Gasteiger partial charge in [-0.1, -0.05) is 60.7 Å². The molecule has 3 aliphatic rings. The second kappa shape index (κ2) is 10.4. The summed E-state index contributed by atoms with van der Waals surface area (Å²) in [5, 5.41) is 0. The molecule has 2 bridgehead atoms. The molecule has 0 N–H and O–H groups in total. The van der Waals surface area contributed by atoms with Crippen molar-refractivity contribution >= 4 is 5.91 Å². The summed E-state index contributed by atoms with van der Waals surface area (Å²) in [5.41, 5.74) is 5.45. The van der Waals surface area contributed by atoms with E-state index >= 15 is 0 Å². The molecule has 3 aliphatic heterocycles. The van der Waals surface area contributed by atoms with Gasteiger partial charge in [-0.05, 0) is 62.3 Å². The first-order chi connectivity index (χ1) is 18.1. The molecular weight excluding hydrogens is 456 g/mol. The summed E-state index contributed by atoms with van der Waals surface area (Å²) < 4.78 is 0. The van der Waals surface area contributed by atoms with E-state index in [0.29, 0.717) is 24.2 Å². The molecule has 0 spiro atoms. The quantitative estimate of drug-likeness (QED) is 0.486. The topological polar surface area (TPSA) is 39.7 Å². The number of benzene rings is 2. The Kier molecular flexibility index (Phi) is 6.83. The predicted molar refractivity (Wildman–Crippen MR) is 148 cm³/mol. The zero-order chi connectivity index (χ0) is 25.4. The first kappa shape index (κ1) is 24.3. The van der Waals surface area contributed by atoms with Gasteiger partial charge in [-0.25, -0.2) is 0 Å². The van der Waals surface area contributed by atoms with Crippen molar-refractivity contribution < 1.29 is 4.79 Å². The van der Waals surface area contributed by atoms with Crippen molar-refractivity contribution in [3.63, 3.8) is 0 Å². The van der Waals surface area contributed by atoms with Crippen LogP contribution in [0.25, 0.3) is 0 Å². The lowest BCUT2D eigenvalue weighted by atomic mass is 9.93. The van der Waals surface area contributed by atoms with Gasteiger partial charge in [0.15, 0.2) is 0 Å². The molecule has 5 heteroatoms. The average molecular weight is 495 g/mol. The number of carbonyl (C=O) groups is 1. The van der Waals surface area contributed by atoms with Gasteiger partial charge in [0.2, 0.25) is 0 Å². The highest BCUT2D eigenvalue weighted by Gasteiger charge is 2.45. The smallest absolute Gasteiger partial charge is 0.256 e. The lowest BCUT2D eigenvalue weighted by molar-refractivity contribution is 0.0215. The Balaban J connectivity index is 1.13. The lowest BCUT2D eigenvalue weighted by Crippen LogP contribution is -2.57. The van der Waals surface area contributed by atoms with Crippen LogP contribution >= 0.6 is 0 Å². The molecule has 1 amide bonds. The highest BCUT2D eigenvalue weighted by Crippen LogP contribution is 2.40.